The van der Waals surface area contributed by atoms with Gasteiger partial charge in [0.25, 0.3) is 5.91 Å². The van der Waals surface area contributed by atoms with Crippen LogP contribution in [0.1, 0.15) is 75.8 Å². The summed E-state index contributed by atoms with van der Waals surface area (Å²) in [5, 5.41) is 3.54. The Morgan fingerprint density at radius 1 is 1.33 bits per heavy atom. The molecule has 0 saturated carbocycles. The first kappa shape index (κ1) is 19.7. The summed E-state index contributed by atoms with van der Waals surface area (Å²) in [5.74, 6) is 1.32. The van der Waals surface area contributed by atoms with Crippen LogP contribution in [0.5, 0.6) is 0 Å². The summed E-state index contributed by atoms with van der Waals surface area (Å²) in [6, 6.07) is 1.72. The van der Waals surface area contributed by atoms with Crippen molar-refractivity contribution in [1.82, 2.24) is 0 Å². The summed E-state index contributed by atoms with van der Waals surface area (Å²) in [6.45, 7) is 7.89. The van der Waals surface area contributed by atoms with E-state index in [2.05, 4.69) is 12.2 Å². The van der Waals surface area contributed by atoms with Gasteiger partial charge in [0.05, 0.1) is 17.7 Å². The van der Waals surface area contributed by atoms with Gasteiger partial charge in [-0.2, -0.15) is 0 Å². The maximum atomic E-state index is 12.7. The van der Waals surface area contributed by atoms with Crippen molar-refractivity contribution in [2.45, 2.75) is 59.8 Å². The van der Waals surface area contributed by atoms with Crippen LogP contribution in [0.2, 0.25) is 0 Å². The first-order chi connectivity index (χ1) is 12.9. The fourth-order valence-electron chi connectivity index (χ4n) is 3.84. The molecule has 27 heavy (non-hydrogen) atoms. The Labute approximate surface area is 164 Å². The van der Waals surface area contributed by atoms with E-state index in [-0.39, 0.29) is 11.9 Å². The Morgan fingerprint density at radius 2 is 2.11 bits per heavy atom. The molecule has 1 atom stereocenters. The number of rotatable bonds is 6. The zero-order valence-electron chi connectivity index (χ0n) is 16.4. The van der Waals surface area contributed by atoms with Crippen LogP contribution in [0.3, 0.4) is 0 Å². The van der Waals surface area contributed by atoms with E-state index in [1.807, 2.05) is 6.92 Å². The van der Waals surface area contributed by atoms with Crippen molar-refractivity contribution >= 4 is 28.2 Å². The number of carbonyl (C=O) groups excluding carboxylic acids is 2. The zero-order valence-corrected chi connectivity index (χ0v) is 17.3. The van der Waals surface area contributed by atoms with Crippen molar-refractivity contribution in [3.63, 3.8) is 0 Å². The third kappa shape index (κ3) is 4.10. The fraction of sp³-hybridized carbons (Fsp3) is 0.524. The molecule has 2 aromatic rings. The second-order valence-electron chi connectivity index (χ2n) is 7.11. The van der Waals surface area contributed by atoms with Gasteiger partial charge in [0.2, 0.25) is 0 Å². The third-order valence-corrected chi connectivity index (χ3v) is 6.23. The molecule has 3 rings (SSSR count). The lowest BCUT2D eigenvalue weighted by atomic mass is 9.84. The Kier molecular flexibility index (Phi) is 6.05. The number of thiophene rings is 1. The lowest BCUT2D eigenvalue weighted by Crippen LogP contribution is -2.17. The van der Waals surface area contributed by atoms with Crippen LogP contribution < -0.4 is 5.32 Å². The molecule has 0 bridgehead atoms. The average molecular weight is 390 g/mol. The lowest BCUT2D eigenvalue weighted by Gasteiger charge is -2.21. The molecule has 1 amide bonds. The molecule has 0 unspecified atom stereocenters. The number of nitrogens with one attached hydrogen (secondary N) is 1. The highest BCUT2D eigenvalue weighted by molar-refractivity contribution is 7.17. The molecule has 1 N–H and O–H groups in total. The molecule has 0 spiro atoms. The molecule has 0 fully saturated rings. The van der Waals surface area contributed by atoms with Gasteiger partial charge in [-0.25, -0.2) is 4.79 Å². The summed E-state index contributed by atoms with van der Waals surface area (Å²) < 4.78 is 10.7. The number of hydrogen-bond acceptors (Lipinski definition) is 5. The van der Waals surface area contributed by atoms with E-state index in [0.29, 0.717) is 40.2 Å². The normalized spacial score (nSPS) is 16.1. The van der Waals surface area contributed by atoms with Crippen LogP contribution in [0, 0.1) is 19.8 Å². The highest BCUT2D eigenvalue weighted by atomic mass is 32.1. The van der Waals surface area contributed by atoms with Crippen LogP contribution >= 0.6 is 11.3 Å². The Bertz CT molecular complexity index is 849. The molecular weight excluding hydrogens is 362 g/mol. The Balaban J connectivity index is 1.93. The molecule has 0 aliphatic heterocycles. The molecule has 2 aromatic heterocycles. The standard InChI is InChI=1S/C21H27NO4S/c1-5-7-14-8-9-15-17(11-14)27-20(18(15)21(24)25-6-2)22-19(23)16-10-12(3)26-13(16)4/h10,14H,5-9,11H2,1-4H3,(H,22,23)/t14-/m1/s1. The van der Waals surface area contributed by atoms with Crippen molar-refractivity contribution in [2.75, 3.05) is 11.9 Å². The molecule has 0 radical (unpaired) electrons. The molecule has 5 nitrogen and oxygen atoms in total. The predicted molar refractivity (Wildman–Crippen MR) is 107 cm³/mol. The molecule has 1 aliphatic rings. The number of esters is 1. The van der Waals surface area contributed by atoms with Gasteiger partial charge < -0.3 is 14.5 Å². The zero-order chi connectivity index (χ0) is 19.6. The van der Waals surface area contributed by atoms with E-state index in [1.54, 1.807) is 19.9 Å². The van der Waals surface area contributed by atoms with Crippen molar-refractivity contribution in [1.29, 1.82) is 0 Å². The summed E-state index contributed by atoms with van der Waals surface area (Å²) in [4.78, 5) is 26.6. The van der Waals surface area contributed by atoms with Crippen molar-refractivity contribution < 1.29 is 18.7 Å². The topological polar surface area (TPSA) is 68.5 Å². The highest BCUT2D eigenvalue weighted by Gasteiger charge is 2.30. The molecule has 6 heteroatoms. The number of anilines is 1. The van der Waals surface area contributed by atoms with Crippen LogP contribution in [-0.4, -0.2) is 18.5 Å². The van der Waals surface area contributed by atoms with E-state index in [1.165, 1.54) is 29.1 Å². The SMILES string of the molecule is CCC[C@@H]1CCc2c(sc(NC(=O)c3cc(C)oc3C)c2C(=O)OCC)C1. The average Bonchev–Trinajstić information content (AvgIpc) is 3.13. The van der Waals surface area contributed by atoms with Gasteiger partial charge in [-0.1, -0.05) is 19.8 Å². The van der Waals surface area contributed by atoms with Crippen molar-refractivity contribution in [3.8, 4) is 0 Å². The summed E-state index contributed by atoms with van der Waals surface area (Å²) in [5.41, 5.74) is 2.09. The highest BCUT2D eigenvalue weighted by Crippen LogP contribution is 2.41. The number of fused-ring (bicyclic) bond motifs is 1. The van der Waals surface area contributed by atoms with Crippen LogP contribution in [0.4, 0.5) is 5.00 Å². The first-order valence-corrected chi connectivity index (χ1v) is 10.5. The molecule has 146 valence electrons. The smallest absolute Gasteiger partial charge is 0.341 e. The maximum absolute atomic E-state index is 12.7. The number of amides is 1. The van der Waals surface area contributed by atoms with E-state index < -0.39 is 0 Å². The third-order valence-electron chi connectivity index (χ3n) is 5.06. The van der Waals surface area contributed by atoms with Gasteiger partial charge in [-0.05, 0) is 57.6 Å². The number of aryl methyl sites for hydroxylation is 2. The second kappa shape index (κ2) is 8.30. The van der Waals surface area contributed by atoms with Gasteiger partial charge in [0.1, 0.15) is 16.5 Å². The molecule has 2 heterocycles. The van der Waals surface area contributed by atoms with Crippen LogP contribution in [0.15, 0.2) is 10.5 Å². The van der Waals surface area contributed by atoms with Crippen molar-refractivity contribution in [2.24, 2.45) is 5.92 Å². The minimum Gasteiger partial charge on any atom is -0.466 e. The minimum absolute atomic E-state index is 0.251. The van der Waals surface area contributed by atoms with Gasteiger partial charge in [-0.3, -0.25) is 4.79 Å². The molecule has 0 saturated heterocycles. The summed E-state index contributed by atoms with van der Waals surface area (Å²) in [6.07, 6.45) is 5.28. The molecule has 1 aliphatic carbocycles. The molecular formula is C21H27NO4S. The summed E-state index contributed by atoms with van der Waals surface area (Å²) in [7, 11) is 0. The first-order valence-electron chi connectivity index (χ1n) is 9.64. The van der Waals surface area contributed by atoms with Crippen LogP contribution in [-0.2, 0) is 17.6 Å². The Morgan fingerprint density at radius 3 is 2.74 bits per heavy atom. The monoisotopic (exact) mass is 389 g/mol. The maximum Gasteiger partial charge on any atom is 0.341 e. The quantitative estimate of drug-likeness (QED) is 0.682. The van der Waals surface area contributed by atoms with E-state index in [9.17, 15) is 9.59 Å². The second-order valence-corrected chi connectivity index (χ2v) is 8.21. The van der Waals surface area contributed by atoms with E-state index in [4.69, 9.17) is 9.15 Å². The van der Waals surface area contributed by atoms with Gasteiger partial charge >= 0.3 is 5.97 Å². The Hall–Kier alpha value is -2.08. The van der Waals surface area contributed by atoms with Crippen LogP contribution in [0.25, 0.3) is 0 Å². The number of hydrogen-bond donors (Lipinski definition) is 1. The lowest BCUT2D eigenvalue weighted by molar-refractivity contribution is 0.0526. The van der Waals surface area contributed by atoms with Gasteiger partial charge in [0, 0.05) is 4.88 Å². The summed E-state index contributed by atoms with van der Waals surface area (Å²) >= 11 is 1.52. The number of carbonyl (C=O) groups is 2. The largest absolute Gasteiger partial charge is 0.466 e. The van der Waals surface area contributed by atoms with E-state index in [0.717, 1.165) is 24.8 Å². The number of ether oxygens (including phenoxy) is 1. The fourth-order valence-corrected chi connectivity index (χ4v) is 5.19. The number of furan rings is 1. The van der Waals surface area contributed by atoms with E-state index >= 15 is 0 Å². The minimum atomic E-state index is -0.348. The molecule has 0 aromatic carbocycles. The van der Waals surface area contributed by atoms with Gasteiger partial charge in [0.15, 0.2) is 0 Å². The predicted octanol–water partition coefficient (Wildman–Crippen LogP) is 5.29. The van der Waals surface area contributed by atoms with Gasteiger partial charge in [-0.15, -0.1) is 11.3 Å². The van der Waals surface area contributed by atoms with Crippen molar-refractivity contribution in [3.05, 3.63) is 39.2 Å².